The van der Waals surface area contributed by atoms with Crippen molar-refractivity contribution in [2.75, 3.05) is 11.9 Å². The van der Waals surface area contributed by atoms with Gasteiger partial charge in [0.25, 0.3) is 0 Å². The minimum Gasteiger partial charge on any atom is -0.388 e. The summed E-state index contributed by atoms with van der Waals surface area (Å²) >= 11 is 0. The summed E-state index contributed by atoms with van der Waals surface area (Å²) in [6.45, 7) is 1.48. The first-order chi connectivity index (χ1) is 10.1. The van der Waals surface area contributed by atoms with Crippen LogP contribution in [0, 0.1) is 6.92 Å². The van der Waals surface area contributed by atoms with Crippen LogP contribution in [0.1, 0.15) is 21.5 Å². The average Bonchev–Trinajstić information content (AvgIpc) is 2.49. The number of hydrogen-bond donors (Lipinski definition) is 2. The lowest BCUT2D eigenvalue weighted by molar-refractivity contribution is -0.115. The molecule has 0 heterocycles. The molecular formula is C17H17NO3. The first-order valence-electron chi connectivity index (χ1n) is 6.68. The maximum absolute atomic E-state index is 11.9. The molecule has 0 saturated heterocycles. The predicted molar refractivity (Wildman–Crippen MR) is 81.4 cm³/mol. The maximum Gasteiger partial charge on any atom is 0.228 e. The topological polar surface area (TPSA) is 66.4 Å². The molecule has 2 rings (SSSR count). The molecule has 2 aromatic rings. The van der Waals surface area contributed by atoms with Crippen LogP contribution in [0.5, 0.6) is 0 Å². The van der Waals surface area contributed by atoms with Crippen LogP contribution < -0.4 is 5.32 Å². The normalized spacial score (nSPS) is 10.2. The standard InChI is InChI=1S/C17H17NO3/c1-12-2-4-13(5-3-12)10-17(21)18-15-8-6-14(7-9-15)16(20)11-19/h2-9,19H,10-11H2,1H3,(H,18,21). The quantitative estimate of drug-likeness (QED) is 0.828. The van der Waals surface area contributed by atoms with E-state index in [4.69, 9.17) is 5.11 Å². The molecule has 0 unspecified atom stereocenters. The van der Waals surface area contributed by atoms with E-state index >= 15 is 0 Å². The summed E-state index contributed by atoms with van der Waals surface area (Å²) in [4.78, 5) is 23.2. The van der Waals surface area contributed by atoms with Crippen molar-refractivity contribution in [3.05, 3.63) is 65.2 Å². The molecule has 4 nitrogen and oxygen atoms in total. The van der Waals surface area contributed by atoms with Crippen molar-refractivity contribution in [3.63, 3.8) is 0 Å². The van der Waals surface area contributed by atoms with E-state index in [1.807, 2.05) is 31.2 Å². The molecule has 0 aromatic heterocycles. The fourth-order valence-electron chi connectivity index (χ4n) is 1.93. The highest BCUT2D eigenvalue weighted by Gasteiger charge is 2.06. The number of aliphatic hydroxyl groups excluding tert-OH is 1. The second kappa shape index (κ2) is 6.81. The number of carbonyl (C=O) groups excluding carboxylic acids is 2. The van der Waals surface area contributed by atoms with E-state index in [1.54, 1.807) is 24.3 Å². The van der Waals surface area contributed by atoms with Crippen LogP contribution in [-0.2, 0) is 11.2 Å². The van der Waals surface area contributed by atoms with Crippen LogP contribution in [0.15, 0.2) is 48.5 Å². The van der Waals surface area contributed by atoms with Crippen LogP contribution in [0.25, 0.3) is 0 Å². The maximum atomic E-state index is 11.9. The third-order valence-electron chi connectivity index (χ3n) is 3.12. The second-order valence-electron chi connectivity index (χ2n) is 4.87. The van der Waals surface area contributed by atoms with Gasteiger partial charge in [-0.15, -0.1) is 0 Å². The number of hydrogen-bond acceptors (Lipinski definition) is 3. The first-order valence-corrected chi connectivity index (χ1v) is 6.68. The first kappa shape index (κ1) is 14.9. The lowest BCUT2D eigenvalue weighted by atomic mass is 10.1. The highest BCUT2D eigenvalue weighted by Crippen LogP contribution is 2.11. The van der Waals surface area contributed by atoms with Crippen molar-refractivity contribution in [3.8, 4) is 0 Å². The number of nitrogens with one attached hydrogen (secondary N) is 1. The zero-order valence-electron chi connectivity index (χ0n) is 11.8. The number of anilines is 1. The Morgan fingerprint density at radius 1 is 1.00 bits per heavy atom. The molecule has 0 atom stereocenters. The van der Waals surface area contributed by atoms with Gasteiger partial charge in [-0.3, -0.25) is 9.59 Å². The number of Topliss-reactive ketones (excluding diaryl/α,β-unsaturated/α-hetero) is 1. The molecule has 2 aromatic carbocycles. The Morgan fingerprint density at radius 3 is 2.19 bits per heavy atom. The molecule has 2 N–H and O–H groups in total. The Kier molecular flexibility index (Phi) is 4.85. The Bertz CT molecular complexity index is 630. The number of carbonyl (C=O) groups is 2. The van der Waals surface area contributed by atoms with Gasteiger partial charge in [0.15, 0.2) is 5.78 Å². The molecule has 4 heteroatoms. The van der Waals surface area contributed by atoms with E-state index < -0.39 is 6.61 Å². The van der Waals surface area contributed by atoms with E-state index in [-0.39, 0.29) is 11.7 Å². The lowest BCUT2D eigenvalue weighted by Crippen LogP contribution is -2.14. The van der Waals surface area contributed by atoms with E-state index in [0.29, 0.717) is 17.7 Å². The monoisotopic (exact) mass is 283 g/mol. The van der Waals surface area contributed by atoms with Gasteiger partial charge in [0.05, 0.1) is 6.42 Å². The Labute approximate surface area is 123 Å². The molecule has 0 saturated carbocycles. The summed E-state index contributed by atoms with van der Waals surface area (Å²) < 4.78 is 0. The van der Waals surface area contributed by atoms with Crippen LogP contribution in [0.2, 0.25) is 0 Å². The molecular weight excluding hydrogens is 266 g/mol. The summed E-state index contributed by atoms with van der Waals surface area (Å²) in [5.74, 6) is -0.451. The molecule has 0 aliphatic carbocycles. The number of rotatable bonds is 5. The van der Waals surface area contributed by atoms with Crippen LogP contribution in [0.4, 0.5) is 5.69 Å². The van der Waals surface area contributed by atoms with Crippen LogP contribution >= 0.6 is 0 Å². The van der Waals surface area contributed by atoms with E-state index in [0.717, 1.165) is 11.1 Å². The van der Waals surface area contributed by atoms with Crippen molar-refractivity contribution in [2.24, 2.45) is 0 Å². The van der Waals surface area contributed by atoms with Crippen LogP contribution in [-0.4, -0.2) is 23.4 Å². The molecule has 1 amide bonds. The smallest absolute Gasteiger partial charge is 0.228 e. The van der Waals surface area contributed by atoms with Gasteiger partial charge < -0.3 is 10.4 Å². The molecule has 0 aliphatic heterocycles. The third kappa shape index (κ3) is 4.26. The predicted octanol–water partition coefficient (Wildman–Crippen LogP) is 2.35. The van der Waals surface area contributed by atoms with Gasteiger partial charge in [0.2, 0.25) is 5.91 Å². The summed E-state index contributed by atoms with van der Waals surface area (Å²) in [7, 11) is 0. The largest absolute Gasteiger partial charge is 0.388 e. The average molecular weight is 283 g/mol. The summed E-state index contributed by atoms with van der Waals surface area (Å²) in [6, 6.07) is 14.3. The summed E-state index contributed by atoms with van der Waals surface area (Å²) in [5, 5.41) is 11.5. The highest BCUT2D eigenvalue weighted by atomic mass is 16.3. The molecule has 0 radical (unpaired) electrons. The van der Waals surface area contributed by atoms with Gasteiger partial charge in [-0.1, -0.05) is 29.8 Å². The number of amides is 1. The minimum atomic E-state index is -0.515. The SMILES string of the molecule is Cc1ccc(CC(=O)Nc2ccc(C(=O)CO)cc2)cc1. The molecule has 0 spiro atoms. The zero-order chi connectivity index (χ0) is 15.2. The second-order valence-corrected chi connectivity index (χ2v) is 4.87. The van der Waals surface area contributed by atoms with Crippen molar-refractivity contribution < 1.29 is 14.7 Å². The van der Waals surface area contributed by atoms with E-state index in [9.17, 15) is 9.59 Å². The summed E-state index contributed by atoms with van der Waals surface area (Å²) in [6.07, 6.45) is 0.303. The van der Waals surface area contributed by atoms with Crippen molar-refractivity contribution in [1.29, 1.82) is 0 Å². The van der Waals surface area contributed by atoms with Gasteiger partial charge in [0, 0.05) is 11.3 Å². The van der Waals surface area contributed by atoms with Gasteiger partial charge in [0.1, 0.15) is 6.61 Å². The molecule has 21 heavy (non-hydrogen) atoms. The van der Waals surface area contributed by atoms with Crippen molar-refractivity contribution >= 4 is 17.4 Å². The van der Waals surface area contributed by atoms with Crippen LogP contribution in [0.3, 0.4) is 0 Å². The molecule has 108 valence electrons. The molecule has 0 aliphatic rings. The Balaban J connectivity index is 1.96. The van der Waals surface area contributed by atoms with E-state index in [1.165, 1.54) is 0 Å². The fourth-order valence-corrected chi connectivity index (χ4v) is 1.93. The van der Waals surface area contributed by atoms with E-state index in [2.05, 4.69) is 5.32 Å². The minimum absolute atomic E-state index is 0.111. The Hall–Kier alpha value is -2.46. The van der Waals surface area contributed by atoms with Gasteiger partial charge in [-0.05, 0) is 36.8 Å². The van der Waals surface area contributed by atoms with Gasteiger partial charge >= 0.3 is 0 Å². The van der Waals surface area contributed by atoms with Crippen molar-refractivity contribution in [2.45, 2.75) is 13.3 Å². The fraction of sp³-hybridized carbons (Fsp3) is 0.176. The number of benzene rings is 2. The Morgan fingerprint density at radius 2 is 1.62 bits per heavy atom. The van der Waals surface area contributed by atoms with Gasteiger partial charge in [-0.2, -0.15) is 0 Å². The zero-order valence-corrected chi connectivity index (χ0v) is 11.8. The number of ketones is 1. The third-order valence-corrected chi connectivity index (χ3v) is 3.12. The molecule has 0 fully saturated rings. The lowest BCUT2D eigenvalue weighted by Gasteiger charge is -2.06. The molecule has 0 bridgehead atoms. The summed E-state index contributed by atoms with van der Waals surface area (Å²) in [5.41, 5.74) is 3.16. The van der Waals surface area contributed by atoms with Gasteiger partial charge in [-0.25, -0.2) is 0 Å². The number of aliphatic hydroxyl groups is 1. The number of aryl methyl sites for hydroxylation is 1. The highest BCUT2D eigenvalue weighted by molar-refractivity contribution is 5.98. The van der Waals surface area contributed by atoms with Crippen molar-refractivity contribution in [1.82, 2.24) is 0 Å².